The fourth-order valence-corrected chi connectivity index (χ4v) is 2.11. The van der Waals surface area contributed by atoms with Crippen molar-refractivity contribution in [2.45, 2.75) is 20.3 Å². The summed E-state index contributed by atoms with van der Waals surface area (Å²) in [5, 5.41) is 5.61. The van der Waals surface area contributed by atoms with E-state index in [0.29, 0.717) is 0 Å². The number of aromatic nitrogens is 1. The molecule has 0 spiro atoms. The number of benzene rings is 2. The molecule has 0 unspecified atom stereocenters. The van der Waals surface area contributed by atoms with Gasteiger partial charge in [0.2, 0.25) is 0 Å². The first-order valence-corrected chi connectivity index (χ1v) is 6.77. The summed E-state index contributed by atoms with van der Waals surface area (Å²) in [7, 11) is 1.95. The van der Waals surface area contributed by atoms with E-state index in [4.69, 9.17) is 0 Å². The molecule has 98 valence electrons. The predicted molar refractivity (Wildman–Crippen MR) is 84.8 cm³/mol. The second-order valence-electron chi connectivity index (χ2n) is 4.48. The van der Waals surface area contributed by atoms with Crippen LogP contribution in [0, 0.1) is 0 Å². The largest absolute Gasteiger partial charge is 0.387 e. The van der Waals surface area contributed by atoms with E-state index in [0.717, 1.165) is 16.7 Å². The molecule has 0 aliphatic heterocycles. The molecule has 19 heavy (non-hydrogen) atoms. The lowest BCUT2D eigenvalue weighted by Crippen LogP contribution is -1.93. The molecule has 2 aromatic carbocycles. The molecule has 3 rings (SSSR count). The van der Waals surface area contributed by atoms with Crippen LogP contribution in [0.4, 0.5) is 5.69 Å². The molecule has 0 saturated carbocycles. The number of nitrogens with zero attached hydrogens (tertiary/aromatic N) is 1. The Bertz CT molecular complexity index is 620. The predicted octanol–water partition coefficient (Wildman–Crippen LogP) is 4.85. The fourth-order valence-electron chi connectivity index (χ4n) is 2.11. The maximum absolute atomic E-state index is 4.65. The maximum atomic E-state index is 4.65. The summed E-state index contributed by atoms with van der Waals surface area (Å²) in [5.41, 5.74) is 3.22. The summed E-state index contributed by atoms with van der Waals surface area (Å²) in [5.74, 6) is 0. The molecule has 0 bridgehead atoms. The molecule has 2 heteroatoms. The van der Waals surface area contributed by atoms with Crippen molar-refractivity contribution in [1.29, 1.82) is 0 Å². The lowest BCUT2D eigenvalue weighted by atomic mass is 10.1. The smallest absolute Gasteiger partial charge is 0.0730 e. The van der Waals surface area contributed by atoms with E-state index in [2.05, 4.69) is 36.3 Å². The summed E-state index contributed by atoms with van der Waals surface area (Å²) in [6.07, 6.45) is 1.25. The van der Waals surface area contributed by atoms with E-state index in [1.165, 1.54) is 17.2 Å². The number of rotatable bonds is 1. The first kappa shape index (κ1) is 13.3. The Morgan fingerprint density at radius 1 is 0.842 bits per heavy atom. The van der Waals surface area contributed by atoms with E-state index in [1.54, 1.807) is 0 Å². The number of hydrogen-bond acceptors (Lipinski definition) is 2. The highest BCUT2D eigenvalue weighted by molar-refractivity contribution is 6.07. The summed E-state index contributed by atoms with van der Waals surface area (Å²) >= 11 is 0. The van der Waals surface area contributed by atoms with Crippen molar-refractivity contribution in [3.63, 3.8) is 0 Å². The van der Waals surface area contributed by atoms with Gasteiger partial charge in [0, 0.05) is 17.8 Å². The SMILES string of the molecule is CCC.CNc1c2ccccc2nc2ccccc12. The molecule has 2 nitrogen and oxygen atoms in total. The van der Waals surface area contributed by atoms with Gasteiger partial charge in [-0.05, 0) is 12.1 Å². The van der Waals surface area contributed by atoms with Crippen LogP contribution in [0.15, 0.2) is 48.5 Å². The third-order valence-electron chi connectivity index (χ3n) is 2.84. The summed E-state index contributed by atoms with van der Waals surface area (Å²) in [6, 6.07) is 16.4. The summed E-state index contributed by atoms with van der Waals surface area (Å²) in [4.78, 5) is 4.65. The zero-order valence-electron chi connectivity index (χ0n) is 11.8. The van der Waals surface area contributed by atoms with Crippen molar-refractivity contribution < 1.29 is 0 Å². The van der Waals surface area contributed by atoms with Crippen LogP contribution in [-0.4, -0.2) is 12.0 Å². The second kappa shape index (κ2) is 6.19. The Kier molecular flexibility index (Phi) is 4.35. The highest BCUT2D eigenvalue weighted by Crippen LogP contribution is 2.29. The van der Waals surface area contributed by atoms with Crippen LogP contribution in [0.2, 0.25) is 0 Å². The third kappa shape index (κ3) is 2.68. The quantitative estimate of drug-likeness (QED) is 0.626. The molecule has 0 saturated heterocycles. The van der Waals surface area contributed by atoms with Crippen molar-refractivity contribution >= 4 is 27.5 Å². The number of pyridine rings is 1. The van der Waals surface area contributed by atoms with E-state index in [-0.39, 0.29) is 0 Å². The first-order valence-electron chi connectivity index (χ1n) is 6.77. The average molecular weight is 252 g/mol. The Labute approximate surface area is 114 Å². The number of nitrogens with one attached hydrogen (secondary N) is 1. The lowest BCUT2D eigenvalue weighted by Gasteiger charge is -2.09. The Morgan fingerprint density at radius 3 is 1.68 bits per heavy atom. The van der Waals surface area contributed by atoms with Crippen LogP contribution in [0.3, 0.4) is 0 Å². The summed E-state index contributed by atoms with van der Waals surface area (Å²) < 4.78 is 0. The van der Waals surface area contributed by atoms with Crippen LogP contribution >= 0.6 is 0 Å². The normalized spacial score (nSPS) is 10.1. The van der Waals surface area contributed by atoms with E-state index in [1.807, 2.05) is 43.4 Å². The number of para-hydroxylation sites is 2. The average Bonchev–Trinajstić information content (AvgIpc) is 2.45. The van der Waals surface area contributed by atoms with Gasteiger partial charge in [-0.2, -0.15) is 0 Å². The standard InChI is InChI=1S/C14H12N2.C3H8/c1-15-14-10-6-2-4-8-12(10)16-13-9-5-3-7-11(13)14;1-3-2/h2-9H,1H3,(H,15,16);3H2,1-2H3. The molecule has 0 aliphatic rings. The highest BCUT2D eigenvalue weighted by Gasteiger charge is 2.05. The monoisotopic (exact) mass is 252 g/mol. The van der Waals surface area contributed by atoms with Crippen molar-refractivity contribution in [3.8, 4) is 0 Å². The Hall–Kier alpha value is -2.09. The van der Waals surface area contributed by atoms with Crippen molar-refractivity contribution in [1.82, 2.24) is 4.98 Å². The van der Waals surface area contributed by atoms with Gasteiger partial charge in [0.15, 0.2) is 0 Å². The molecule has 0 radical (unpaired) electrons. The third-order valence-corrected chi connectivity index (χ3v) is 2.84. The second-order valence-corrected chi connectivity index (χ2v) is 4.48. The molecule has 1 aromatic heterocycles. The van der Waals surface area contributed by atoms with Crippen LogP contribution in [0.25, 0.3) is 21.8 Å². The first-order chi connectivity index (χ1) is 9.31. The van der Waals surface area contributed by atoms with Gasteiger partial charge >= 0.3 is 0 Å². The van der Waals surface area contributed by atoms with Crippen molar-refractivity contribution in [3.05, 3.63) is 48.5 Å². The van der Waals surface area contributed by atoms with Crippen LogP contribution in [0.1, 0.15) is 20.3 Å². The minimum Gasteiger partial charge on any atom is -0.387 e. The van der Waals surface area contributed by atoms with Crippen molar-refractivity contribution in [2.24, 2.45) is 0 Å². The van der Waals surface area contributed by atoms with Gasteiger partial charge in [-0.3, -0.25) is 0 Å². The lowest BCUT2D eigenvalue weighted by molar-refractivity contribution is 1.09. The fraction of sp³-hybridized carbons (Fsp3) is 0.235. The van der Waals surface area contributed by atoms with E-state index >= 15 is 0 Å². The van der Waals surface area contributed by atoms with Gasteiger partial charge < -0.3 is 5.32 Å². The molecular formula is C17H20N2. The molecule has 0 amide bonds. The molecule has 1 N–H and O–H groups in total. The molecule has 0 atom stereocenters. The summed E-state index contributed by atoms with van der Waals surface area (Å²) in [6.45, 7) is 4.25. The number of fused-ring (bicyclic) bond motifs is 2. The Balaban J connectivity index is 0.000000408. The zero-order valence-corrected chi connectivity index (χ0v) is 11.8. The van der Waals surface area contributed by atoms with Gasteiger partial charge in [-0.25, -0.2) is 4.98 Å². The molecular weight excluding hydrogens is 232 g/mol. The topological polar surface area (TPSA) is 24.9 Å². The van der Waals surface area contributed by atoms with E-state index in [9.17, 15) is 0 Å². The van der Waals surface area contributed by atoms with Gasteiger partial charge in [-0.15, -0.1) is 0 Å². The van der Waals surface area contributed by atoms with Crippen LogP contribution in [0.5, 0.6) is 0 Å². The number of hydrogen-bond donors (Lipinski definition) is 1. The van der Waals surface area contributed by atoms with Crippen molar-refractivity contribution in [2.75, 3.05) is 12.4 Å². The zero-order chi connectivity index (χ0) is 13.7. The van der Waals surface area contributed by atoms with Gasteiger partial charge in [-0.1, -0.05) is 56.7 Å². The Morgan fingerprint density at radius 2 is 1.26 bits per heavy atom. The molecule has 3 aromatic rings. The maximum Gasteiger partial charge on any atom is 0.0730 e. The minimum absolute atomic E-state index is 1.03. The molecule has 1 heterocycles. The highest BCUT2D eigenvalue weighted by atomic mass is 14.8. The van der Waals surface area contributed by atoms with Gasteiger partial charge in [0.1, 0.15) is 0 Å². The number of anilines is 1. The minimum atomic E-state index is 1.03. The van der Waals surface area contributed by atoms with Crippen LogP contribution < -0.4 is 5.32 Å². The van der Waals surface area contributed by atoms with Gasteiger partial charge in [0.05, 0.1) is 16.7 Å². The van der Waals surface area contributed by atoms with E-state index < -0.39 is 0 Å². The molecule has 0 fully saturated rings. The van der Waals surface area contributed by atoms with Crippen LogP contribution in [-0.2, 0) is 0 Å². The molecule has 0 aliphatic carbocycles. The van der Waals surface area contributed by atoms with Gasteiger partial charge in [0.25, 0.3) is 0 Å².